The zero-order chi connectivity index (χ0) is 23.2. The molecule has 3 heterocycles. The van der Waals surface area contributed by atoms with Gasteiger partial charge in [-0.2, -0.15) is 8.78 Å². The number of hydrogen-bond acceptors (Lipinski definition) is 6. The highest BCUT2D eigenvalue weighted by Crippen LogP contribution is 2.30. The van der Waals surface area contributed by atoms with Crippen LogP contribution < -0.4 is 11.2 Å². The second-order valence-corrected chi connectivity index (χ2v) is 8.84. The normalized spacial score (nSPS) is 12.0. The van der Waals surface area contributed by atoms with Gasteiger partial charge in [0.1, 0.15) is 22.1 Å². The van der Waals surface area contributed by atoms with Gasteiger partial charge in [0.15, 0.2) is 5.65 Å². The van der Waals surface area contributed by atoms with Crippen molar-refractivity contribution in [1.82, 2.24) is 28.7 Å². The first-order chi connectivity index (χ1) is 15.2. The van der Waals surface area contributed by atoms with Crippen LogP contribution in [0.3, 0.4) is 0 Å². The molecule has 0 saturated heterocycles. The molecule has 0 aliphatic carbocycles. The lowest BCUT2D eigenvalue weighted by Gasteiger charge is -2.15. The van der Waals surface area contributed by atoms with Crippen LogP contribution in [0.1, 0.15) is 32.0 Å². The molecule has 8 nitrogen and oxygen atoms in total. The Hall–Kier alpha value is -3.08. The zero-order valence-electron chi connectivity index (χ0n) is 18.0. The molecule has 11 heteroatoms. The molecule has 0 radical (unpaired) electrons. The van der Waals surface area contributed by atoms with Gasteiger partial charge >= 0.3 is 12.2 Å². The van der Waals surface area contributed by atoms with Crippen LogP contribution in [-0.2, 0) is 19.3 Å². The van der Waals surface area contributed by atoms with E-state index in [2.05, 4.69) is 15.0 Å². The summed E-state index contributed by atoms with van der Waals surface area (Å²) in [4.78, 5) is 38.8. The number of benzene rings is 1. The van der Waals surface area contributed by atoms with Crippen molar-refractivity contribution in [2.24, 2.45) is 13.0 Å². The van der Waals surface area contributed by atoms with Crippen LogP contribution >= 0.6 is 11.8 Å². The van der Waals surface area contributed by atoms with Crippen molar-refractivity contribution in [1.29, 1.82) is 0 Å². The van der Waals surface area contributed by atoms with Crippen LogP contribution in [0.4, 0.5) is 8.78 Å². The van der Waals surface area contributed by atoms with Crippen molar-refractivity contribution in [3.8, 4) is 0 Å². The number of hydrogen-bond donors (Lipinski definition) is 0. The lowest BCUT2D eigenvalue weighted by Crippen LogP contribution is -2.39. The van der Waals surface area contributed by atoms with Crippen LogP contribution in [0.15, 0.2) is 38.9 Å². The van der Waals surface area contributed by atoms with Crippen LogP contribution in [-0.4, -0.2) is 28.7 Å². The Morgan fingerprint density at radius 1 is 1.09 bits per heavy atom. The fraction of sp³-hybridized carbons (Fsp3) is 0.381. The smallest absolute Gasteiger partial charge is 0.277 e. The summed E-state index contributed by atoms with van der Waals surface area (Å²) in [6.45, 7) is 3.21. The summed E-state index contributed by atoms with van der Waals surface area (Å²) in [7, 11) is 1.41. The van der Waals surface area contributed by atoms with Crippen LogP contribution in [0.25, 0.3) is 22.1 Å². The lowest BCUT2D eigenvalue weighted by atomic mass is 10.2. The van der Waals surface area contributed by atoms with E-state index in [1.54, 1.807) is 31.2 Å². The van der Waals surface area contributed by atoms with Crippen molar-refractivity contribution in [2.45, 2.75) is 44.6 Å². The third kappa shape index (κ3) is 3.81. The Kier molecular flexibility index (Phi) is 5.85. The molecule has 0 saturated carbocycles. The summed E-state index contributed by atoms with van der Waals surface area (Å²) in [5.41, 5.74) is 0.0844. The van der Waals surface area contributed by atoms with Gasteiger partial charge in [0.05, 0.1) is 16.8 Å². The number of rotatable bonds is 6. The second kappa shape index (κ2) is 8.45. The predicted octanol–water partition coefficient (Wildman–Crippen LogP) is 3.49. The maximum absolute atomic E-state index is 13.8. The summed E-state index contributed by atoms with van der Waals surface area (Å²) < 4.78 is 30.9. The maximum Gasteiger partial charge on any atom is 0.332 e. The van der Waals surface area contributed by atoms with Crippen molar-refractivity contribution < 1.29 is 8.78 Å². The van der Waals surface area contributed by atoms with Crippen molar-refractivity contribution >= 4 is 33.8 Å². The predicted molar refractivity (Wildman–Crippen MR) is 119 cm³/mol. The number of imidazole rings is 1. The molecule has 0 aliphatic heterocycles. The van der Waals surface area contributed by atoms with Crippen LogP contribution in [0.5, 0.6) is 0 Å². The van der Waals surface area contributed by atoms with Gasteiger partial charge in [-0.1, -0.05) is 37.7 Å². The van der Waals surface area contributed by atoms with Crippen LogP contribution in [0.2, 0.25) is 0 Å². The largest absolute Gasteiger partial charge is 0.332 e. The molecule has 3 aromatic heterocycles. The van der Waals surface area contributed by atoms with Gasteiger partial charge in [-0.15, -0.1) is 0 Å². The molecular weight excluding hydrogens is 438 g/mol. The van der Waals surface area contributed by atoms with E-state index in [1.807, 2.05) is 13.8 Å². The lowest BCUT2D eigenvalue weighted by molar-refractivity contribution is 0.0722. The highest BCUT2D eigenvalue weighted by Gasteiger charge is 2.21. The first kappa shape index (κ1) is 22.1. The van der Waals surface area contributed by atoms with E-state index in [0.29, 0.717) is 28.4 Å². The van der Waals surface area contributed by atoms with E-state index in [-0.39, 0.29) is 28.5 Å². The van der Waals surface area contributed by atoms with Gasteiger partial charge in [-0.3, -0.25) is 18.5 Å². The van der Waals surface area contributed by atoms with Crippen molar-refractivity contribution in [2.75, 3.05) is 0 Å². The summed E-state index contributed by atoms with van der Waals surface area (Å²) in [5.74, 6) is 0.762. The molecule has 0 spiro atoms. The second-order valence-electron chi connectivity index (χ2n) is 7.88. The van der Waals surface area contributed by atoms with E-state index in [0.717, 1.165) is 20.9 Å². The third-order valence-electron chi connectivity index (χ3n) is 5.01. The SMILES string of the molecule is Cc1nc(SCc2nc3ccccc3n2C(F)F)c2c(=O)n(C)c(=O)n(CC(C)C)c2n1. The average Bonchev–Trinajstić information content (AvgIpc) is 3.11. The number of aromatic nitrogens is 6. The molecule has 0 unspecified atom stereocenters. The third-order valence-corrected chi connectivity index (χ3v) is 5.98. The summed E-state index contributed by atoms with van der Waals surface area (Å²) in [6.07, 6.45) is 0. The molecule has 0 bridgehead atoms. The molecule has 0 aliphatic rings. The molecule has 0 amide bonds. The molecule has 0 N–H and O–H groups in total. The Labute approximate surface area is 185 Å². The Balaban J connectivity index is 1.85. The van der Waals surface area contributed by atoms with E-state index >= 15 is 0 Å². The first-order valence-corrected chi connectivity index (χ1v) is 11.0. The molecule has 32 heavy (non-hydrogen) atoms. The van der Waals surface area contributed by atoms with E-state index in [9.17, 15) is 18.4 Å². The number of aryl methyl sites for hydroxylation is 1. The molecule has 0 atom stereocenters. The van der Waals surface area contributed by atoms with E-state index in [1.165, 1.54) is 11.6 Å². The fourth-order valence-electron chi connectivity index (χ4n) is 3.62. The monoisotopic (exact) mass is 460 g/mol. The van der Waals surface area contributed by atoms with Gasteiger partial charge in [0, 0.05) is 13.6 Å². The highest BCUT2D eigenvalue weighted by atomic mass is 32.2. The molecule has 0 fully saturated rings. The number of thioether (sulfide) groups is 1. The Morgan fingerprint density at radius 2 is 1.81 bits per heavy atom. The van der Waals surface area contributed by atoms with E-state index in [4.69, 9.17) is 0 Å². The fourth-order valence-corrected chi connectivity index (χ4v) is 4.61. The highest BCUT2D eigenvalue weighted by molar-refractivity contribution is 7.98. The molecular formula is C21H22F2N6O2S. The van der Waals surface area contributed by atoms with Gasteiger partial charge in [0.2, 0.25) is 0 Å². The van der Waals surface area contributed by atoms with Gasteiger partial charge < -0.3 is 0 Å². The Morgan fingerprint density at radius 3 is 2.50 bits per heavy atom. The van der Waals surface area contributed by atoms with Gasteiger partial charge in [0.25, 0.3) is 5.56 Å². The molecule has 4 aromatic rings. The van der Waals surface area contributed by atoms with Gasteiger partial charge in [-0.25, -0.2) is 19.7 Å². The number of halogens is 2. The summed E-state index contributed by atoms with van der Waals surface area (Å²) >= 11 is 1.12. The summed E-state index contributed by atoms with van der Waals surface area (Å²) in [5, 5.41) is 0.529. The average molecular weight is 461 g/mol. The number of nitrogens with zero attached hydrogens (tertiary/aromatic N) is 6. The Bertz CT molecular complexity index is 1440. The first-order valence-electron chi connectivity index (χ1n) is 10.0. The standard InChI is InChI=1S/C21H22F2N6O2S/c1-11(2)9-28-17-16(19(30)27(4)21(28)31)18(25-12(3)24-17)32-10-15-26-13-7-5-6-8-14(13)29(15)20(22)23/h5-8,11,20H,9-10H2,1-4H3. The summed E-state index contributed by atoms with van der Waals surface area (Å²) in [6, 6.07) is 6.68. The molecule has 168 valence electrons. The number of fused-ring (bicyclic) bond motifs is 2. The maximum atomic E-state index is 13.8. The van der Waals surface area contributed by atoms with E-state index < -0.39 is 17.8 Å². The number of alkyl halides is 2. The number of para-hydroxylation sites is 2. The van der Waals surface area contributed by atoms with Crippen molar-refractivity contribution in [3.05, 3.63) is 56.8 Å². The minimum Gasteiger partial charge on any atom is -0.277 e. The molecule has 4 rings (SSSR count). The molecule has 1 aromatic carbocycles. The minimum absolute atomic E-state index is 0.0665. The van der Waals surface area contributed by atoms with Gasteiger partial charge in [-0.05, 0) is 25.0 Å². The zero-order valence-corrected chi connectivity index (χ0v) is 18.9. The topological polar surface area (TPSA) is 87.6 Å². The minimum atomic E-state index is -2.76. The van der Waals surface area contributed by atoms with Crippen LogP contribution in [0, 0.1) is 12.8 Å². The van der Waals surface area contributed by atoms with Crippen molar-refractivity contribution in [3.63, 3.8) is 0 Å². The quantitative estimate of drug-likeness (QED) is 0.323.